The summed E-state index contributed by atoms with van der Waals surface area (Å²) < 4.78 is 7.92. The van der Waals surface area contributed by atoms with E-state index in [0.717, 1.165) is 25.5 Å². The van der Waals surface area contributed by atoms with Crippen LogP contribution in [0, 0.1) is 0 Å². The van der Waals surface area contributed by atoms with Crippen LogP contribution < -0.4 is 5.32 Å². The van der Waals surface area contributed by atoms with E-state index in [1.807, 2.05) is 18.5 Å². The number of imidazole rings is 1. The molecule has 0 aliphatic carbocycles. The SMILES string of the molecule is c1ccc(CNC[C@H]2Cn3ccnc3CO2)cc1. The summed E-state index contributed by atoms with van der Waals surface area (Å²) in [5, 5.41) is 3.44. The standard InChI is InChI=1S/C14H17N3O/c1-2-4-12(5-3-1)8-15-9-13-10-17-7-6-16-14(17)11-18-13/h1-7,13,15H,8-11H2/t13-/m0/s1. The van der Waals surface area contributed by atoms with Crippen LogP contribution in [0.25, 0.3) is 0 Å². The lowest BCUT2D eigenvalue weighted by atomic mass is 10.2. The normalized spacial score (nSPS) is 18.6. The van der Waals surface area contributed by atoms with E-state index in [1.54, 1.807) is 0 Å². The minimum absolute atomic E-state index is 0.232. The topological polar surface area (TPSA) is 39.1 Å². The third-order valence-corrected chi connectivity index (χ3v) is 3.19. The van der Waals surface area contributed by atoms with Gasteiger partial charge in [-0.3, -0.25) is 0 Å². The van der Waals surface area contributed by atoms with Crippen LogP contribution >= 0.6 is 0 Å². The number of aromatic nitrogens is 2. The van der Waals surface area contributed by atoms with Crippen LogP contribution in [0.4, 0.5) is 0 Å². The number of rotatable bonds is 4. The summed E-state index contributed by atoms with van der Waals surface area (Å²) in [5.41, 5.74) is 1.30. The monoisotopic (exact) mass is 243 g/mol. The first-order valence-electron chi connectivity index (χ1n) is 6.28. The largest absolute Gasteiger partial charge is 0.367 e. The summed E-state index contributed by atoms with van der Waals surface area (Å²) in [4.78, 5) is 4.24. The number of fused-ring (bicyclic) bond motifs is 1. The van der Waals surface area contributed by atoms with Crippen LogP contribution in [0.5, 0.6) is 0 Å². The zero-order chi connectivity index (χ0) is 12.2. The van der Waals surface area contributed by atoms with E-state index in [2.05, 4.69) is 39.1 Å². The Bertz CT molecular complexity index is 495. The highest BCUT2D eigenvalue weighted by Gasteiger charge is 2.18. The zero-order valence-corrected chi connectivity index (χ0v) is 10.2. The van der Waals surface area contributed by atoms with E-state index in [4.69, 9.17) is 4.74 Å². The summed E-state index contributed by atoms with van der Waals surface area (Å²) in [5.74, 6) is 1.02. The zero-order valence-electron chi connectivity index (χ0n) is 10.2. The molecule has 1 N–H and O–H groups in total. The van der Waals surface area contributed by atoms with Crippen molar-refractivity contribution in [3.63, 3.8) is 0 Å². The molecule has 0 saturated carbocycles. The fourth-order valence-corrected chi connectivity index (χ4v) is 2.21. The van der Waals surface area contributed by atoms with Gasteiger partial charge in [-0.05, 0) is 5.56 Å². The quantitative estimate of drug-likeness (QED) is 0.886. The molecular formula is C14H17N3O. The predicted octanol–water partition coefficient (Wildman–Crippen LogP) is 1.57. The lowest BCUT2D eigenvalue weighted by Gasteiger charge is -2.24. The van der Waals surface area contributed by atoms with Gasteiger partial charge in [0.05, 0.1) is 12.6 Å². The van der Waals surface area contributed by atoms with Crippen molar-refractivity contribution < 1.29 is 4.74 Å². The highest BCUT2D eigenvalue weighted by atomic mass is 16.5. The second kappa shape index (κ2) is 5.33. The van der Waals surface area contributed by atoms with Gasteiger partial charge < -0.3 is 14.6 Å². The first kappa shape index (κ1) is 11.4. The Morgan fingerprint density at radius 3 is 3.11 bits per heavy atom. The van der Waals surface area contributed by atoms with Gasteiger partial charge >= 0.3 is 0 Å². The van der Waals surface area contributed by atoms with Crippen molar-refractivity contribution in [3.8, 4) is 0 Å². The fraction of sp³-hybridized carbons (Fsp3) is 0.357. The summed E-state index contributed by atoms with van der Waals surface area (Å²) in [6.07, 6.45) is 4.08. The maximum atomic E-state index is 5.75. The first-order valence-corrected chi connectivity index (χ1v) is 6.28. The molecule has 0 fully saturated rings. The minimum Gasteiger partial charge on any atom is -0.367 e. The van der Waals surface area contributed by atoms with Crippen LogP contribution in [0.15, 0.2) is 42.7 Å². The van der Waals surface area contributed by atoms with Gasteiger partial charge in [0.2, 0.25) is 0 Å². The van der Waals surface area contributed by atoms with Crippen molar-refractivity contribution in [1.29, 1.82) is 0 Å². The molecule has 0 amide bonds. The molecule has 0 unspecified atom stereocenters. The van der Waals surface area contributed by atoms with Crippen molar-refractivity contribution in [1.82, 2.24) is 14.9 Å². The van der Waals surface area contributed by atoms with Gasteiger partial charge in [-0.1, -0.05) is 30.3 Å². The van der Waals surface area contributed by atoms with E-state index in [0.29, 0.717) is 6.61 Å². The molecule has 18 heavy (non-hydrogen) atoms. The molecule has 1 aromatic heterocycles. The molecule has 1 aromatic carbocycles. The second-order valence-corrected chi connectivity index (χ2v) is 4.55. The third kappa shape index (κ3) is 2.60. The van der Waals surface area contributed by atoms with E-state index in [1.165, 1.54) is 5.56 Å². The average Bonchev–Trinajstić information content (AvgIpc) is 2.87. The Labute approximate surface area is 107 Å². The summed E-state index contributed by atoms with van der Waals surface area (Å²) in [6.45, 7) is 3.26. The summed E-state index contributed by atoms with van der Waals surface area (Å²) in [6, 6.07) is 10.4. The molecule has 2 heterocycles. The Balaban J connectivity index is 1.48. The van der Waals surface area contributed by atoms with Crippen LogP contribution in [0.3, 0.4) is 0 Å². The van der Waals surface area contributed by atoms with Gasteiger partial charge in [0, 0.05) is 25.5 Å². The molecule has 1 aliphatic heterocycles. The smallest absolute Gasteiger partial charge is 0.134 e. The van der Waals surface area contributed by atoms with Crippen LogP contribution in [-0.4, -0.2) is 22.2 Å². The Morgan fingerprint density at radius 2 is 2.22 bits per heavy atom. The van der Waals surface area contributed by atoms with Crippen LogP contribution in [-0.2, 0) is 24.4 Å². The Hall–Kier alpha value is -1.65. The molecule has 94 valence electrons. The van der Waals surface area contributed by atoms with E-state index < -0.39 is 0 Å². The molecule has 0 radical (unpaired) electrons. The number of nitrogens with zero attached hydrogens (tertiary/aromatic N) is 2. The van der Waals surface area contributed by atoms with Gasteiger partial charge in [-0.15, -0.1) is 0 Å². The van der Waals surface area contributed by atoms with E-state index >= 15 is 0 Å². The van der Waals surface area contributed by atoms with Gasteiger partial charge in [0.25, 0.3) is 0 Å². The molecule has 0 bridgehead atoms. The number of hydrogen-bond acceptors (Lipinski definition) is 3. The lowest BCUT2D eigenvalue weighted by molar-refractivity contribution is 0.00278. The van der Waals surface area contributed by atoms with Gasteiger partial charge in [-0.25, -0.2) is 4.98 Å². The molecule has 4 nitrogen and oxygen atoms in total. The van der Waals surface area contributed by atoms with E-state index in [-0.39, 0.29) is 6.10 Å². The van der Waals surface area contributed by atoms with Crippen molar-refractivity contribution >= 4 is 0 Å². The molecular weight excluding hydrogens is 226 g/mol. The minimum atomic E-state index is 0.232. The Morgan fingerprint density at radius 1 is 1.33 bits per heavy atom. The summed E-state index contributed by atoms with van der Waals surface area (Å²) in [7, 11) is 0. The summed E-state index contributed by atoms with van der Waals surface area (Å²) >= 11 is 0. The molecule has 0 spiro atoms. The first-order chi connectivity index (χ1) is 8.92. The highest BCUT2D eigenvalue weighted by molar-refractivity contribution is 5.14. The van der Waals surface area contributed by atoms with E-state index in [9.17, 15) is 0 Å². The number of nitrogens with one attached hydrogen (secondary N) is 1. The molecule has 1 atom stereocenters. The second-order valence-electron chi connectivity index (χ2n) is 4.55. The maximum Gasteiger partial charge on any atom is 0.134 e. The molecule has 3 rings (SSSR count). The number of hydrogen-bond donors (Lipinski definition) is 1. The fourth-order valence-electron chi connectivity index (χ4n) is 2.21. The van der Waals surface area contributed by atoms with Gasteiger partial charge in [-0.2, -0.15) is 0 Å². The van der Waals surface area contributed by atoms with Gasteiger partial charge in [0.15, 0.2) is 0 Å². The Kier molecular flexibility index (Phi) is 3.39. The lowest BCUT2D eigenvalue weighted by Crippen LogP contribution is -2.35. The number of benzene rings is 1. The van der Waals surface area contributed by atoms with Crippen molar-refractivity contribution in [3.05, 3.63) is 54.1 Å². The van der Waals surface area contributed by atoms with Crippen molar-refractivity contribution in [2.24, 2.45) is 0 Å². The highest BCUT2D eigenvalue weighted by Crippen LogP contribution is 2.11. The molecule has 1 aliphatic rings. The van der Waals surface area contributed by atoms with Crippen molar-refractivity contribution in [2.45, 2.75) is 25.8 Å². The molecule has 0 saturated heterocycles. The third-order valence-electron chi connectivity index (χ3n) is 3.19. The molecule has 4 heteroatoms. The van der Waals surface area contributed by atoms with Gasteiger partial charge in [0.1, 0.15) is 12.4 Å². The van der Waals surface area contributed by atoms with Crippen molar-refractivity contribution in [2.75, 3.05) is 6.54 Å². The average molecular weight is 243 g/mol. The predicted molar refractivity (Wildman–Crippen MR) is 69.0 cm³/mol. The number of ether oxygens (including phenoxy) is 1. The maximum absolute atomic E-state index is 5.75. The van der Waals surface area contributed by atoms with Crippen LogP contribution in [0.1, 0.15) is 11.4 Å². The molecule has 2 aromatic rings. The van der Waals surface area contributed by atoms with Crippen LogP contribution in [0.2, 0.25) is 0 Å².